The molecular weight excluding hydrogens is 196 g/mol. The van der Waals surface area contributed by atoms with Crippen LogP contribution in [-0.4, -0.2) is 5.78 Å². The molecule has 0 spiro atoms. The zero-order valence-electron chi connectivity index (χ0n) is 11.8. The Morgan fingerprint density at radius 2 is 1.50 bits per heavy atom. The molecule has 0 fully saturated rings. The first-order chi connectivity index (χ1) is 7.52. The van der Waals surface area contributed by atoms with Gasteiger partial charge in [0.1, 0.15) is 5.78 Å². The number of hydrogen-bond donors (Lipinski definition) is 0. The number of Topliss-reactive ketones (excluding diaryl/α,β-unsaturated/α-hetero) is 1. The van der Waals surface area contributed by atoms with Gasteiger partial charge < -0.3 is 0 Å². The van der Waals surface area contributed by atoms with E-state index in [9.17, 15) is 4.79 Å². The van der Waals surface area contributed by atoms with Crippen LogP contribution in [-0.2, 0) is 4.79 Å². The lowest BCUT2D eigenvalue weighted by molar-refractivity contribution is -0.118. The van der Waals surface area contributed by atoms with E-state index in [1.54, 1.807) is 0 Å². The minimum Gasteiger partial charge on any atom is -0.300 e. The van der Waals surface area contributed by atoms with Gasteiger partial charge in [0.15, 0.2) is 0 Å². The molecule has 1 heteroatoms. The third-order valence-corrected chi connectivity index (χ3v) is 3.66. The molecule has 0 aromatic rings. The summed E-state index contributed by atoms with van der Waals surface area (Å²) in [5.41, 5.74) is 0.526. The van der Waals surface area contributed by atoms with Gasteiger partial charge in [-0.2, -0.15) is 0 Å². The minimum atomic E-state index is 0.423. The highest BCUT2D eigenvalue weighted by Gasteiger charge is 2.13. The van der Waals surface area contributed by atoms with E-state index in [0.717, 1.165) is 12.8 Å². The molecule has 0 aliphatic heterocycles. The zero-order valence-corrected chi connectivity index (χ0v) is 11.8. The molecule has 0 unspecified atom stereocenters. The van der Waals surface area contributed by atoms with Gasteiger partial charge in [0.05, 0.1) is 0 Å². The first-order valence-electron chi connectivity index (χ1n) is 7.03. The average Bonchev–Trinajstić information content (AvgIpc) is 2.27. The molecule has 0 amide bonds. The fourth-order valence-corrected chi connectivity index (χ4v) is 1.81. The number of unbranched alkanes of at least 4 members (excludes halogenated alkanes) is 4. The van der Waals surface area contributed by atoms with Crippen LogP contribution in [0.1, 0.15) is 85.5 Å². The maximum absolute atomic E-state index is 11.1. The lowest BCUT2D eigenvalue weighted by Crippen LogP contribution is -2.08. The lowest BCUT2D eigenvalue weighted by Gasteiger charge is -2.22. The number of carbonyl (C=O) groups excluding carboxylic acids is 1. The van der Waals surface area contributed by atoms with Crippen molar-refractivity contribution in [3.63, 3.8) is 0 Å². The minimum absolute atomic E-state index is 0.423. The van der Waals surface area contributed by atoms with Gasteiger partial charge in [-0.25, -0.2) is 0 Å². The molecule has 1 nitrogen and oxygen atoms in total. The van der Waals surface area contributed by atoms with Crippen molar-refractivity contribution in [2.24, 2.45) is 5.41 Å². The van der Waals surface area contributed by atoms with Gasteiger partial charge in [-0.15, -0.1) is 0 Å². The zero-order chi connectivity index (χ0) is 12.4. The van der Waals surface area contributed by atoms with E-state index in [0.29, 0.717) is 17.6 Å². The molecule has 0 atom stereocenters. The van der Waals surface area contributed by atoms with Gasteiger partial charge in [0.25, 0.3) is 0 Å². The Kier molecular flexibility index (Phi) is 8.60. The van der Waals surface area contributed by atoms with Gasteiger partial charge in [0.2, 0.25) is 0 Å². The van der Waals surface area contributed by atoms with E-state index in [-0.39, 0.29) is 0 Å². The Morgan fingerprint density at radius 1 is 0.938 bits per heavy atom. The largest absolute Gasteiger partial charge is 0.300 e. The van der Waals surface area contributed by atoms with Crippen LogP contribution in [0.15, 0.2) is 0 Å². The summed E-state index contributed by atoms with van der Waals surface area (Å²) in [7, 11) is 0. The Balaban J connectivity index is 3.25. The first-order valence-corrected chi connectivity index (χ1v) is 7.03. The van der Waals surface area contributed by atoms with Crippen LogP contribution in [0.25, 0.3) is 0 Å². The summed E-state index contributed by atoms with van der Waals surface area (Å²) in [4.78, 5) is 11.1. The highest BCUT2D eigenvalue weighted by Crippen LogP contribution is 2.27. The van der Waals surface area contributed by atoms with Crippen LogP contribution >= 0.6 is 0 Å². The summed E-state index contributed by atoms with van der Waals surface area (Å²) < 4.78 is 0. The molecule has 96 valence electrons. The summed E-state index contributed by atoms with van der Waals surface area (Å²) in [6.07, 6.45) is 10.5. The molecule has 0 rings (SSSR count). The van der Waals surface area contributed by atoms with Crippen molar-refractivity contribution in [1.82, 2.24) is 0 Å². The van der Waals surface area contributed by atoms with Crippen molar-refractivity contribution < 1.29 is 4.79 Å². The van der Waals surface area contributed by atoms with Crippen LogP contribution in [0.2, 0.25) is 0 Å². The molecule has 0 saturated carbocycles. The van der Waals surface area contributed by atoms with Gasteiger partial charge in [0, 0.05) is 12.8 Å². The highest BCUT2D eigenvalue weighted by molar-refractivity contribution is 5.77. The smallest absolute Gasteiger partial charge is 0.132 e. The monoisotopic (exact) mass is 226 g/mol. The van der Waals surface area contributed by atoms with Crippen molar-refractivity contribution in [2.45, 2.75) is 85.5 Å². The summed E-state index contributed by atoms with van der Waals surface area (Å²) in [5.74, 6) is 0.423. The van der Waals surface area contributed by atoms with Crippen LogP contribution in [0.3, 0.4) is 0 Å². The molecule has 0 saturated heterocycles. The number of carbonyl (C=O) groups is 1. The van der Waals surface area contributed by atoms with Crippen LogP contribution in [0.4, 0.5) is 0 Å². The van der Waals surface area contributed by atoms with E-state index in [2.05, 4.69) is 20.8 Å². The van der Waals surface area contributed by atoms with Crippen molar-refractivity contribution >= 4 is 5.78 Å². The molecular formula is C15H30O. The molecule has 0 radical (unpaired) electrons. The van der Waals surface area contributed by atoms with Gasteiger partial charge in [-0.3, -0.25) is 4.79 Å². The van der Waals surface area contributed by atoms with Crippen molar-refractivity contribution in [3.05, 3.63) is 0 Å². The second kappa shape index (κ2) is 8.78. The Morgan fingerprint density at radius 3 is 2.06 bits per heavy atom. The average molecular weight is 226 g/mol. The van der Waals surface area contributed by atoms with Gasteiger partial charge in [-0.05, 0) is 18.3 Å². The third-order valence-electron chi connectivity index (χ3n) is 3.66. The Hall–Kier alpha value is -0.330. The predicted octanol–water partition coefficient (Wildman–Crippen LogP) is 5.13. The van der Waals surface area contributed by atoms with E-state index in [1.807, 2.05) is 6.92 Å². The van der Waals surface area contributed by atoms with Crippen LogP contribution < -0.4 is 0 Å². The molecule has 0 aromatic carbocycles. The van der Waals surface area contributed by atoms with Crippen molar-refractivity contribution in [2.75, 3.05) is 0 Å². The summed E-state index contributed by atoms with van der Waals surface area (Å²) in [6.45, 7) is 8.94. The number of rotatable bonds is 10. The van der Waals surface area contributed by atoms with Gasteiger partial charge in [-0.1, -0.05) is 59.8 Å². The molecule has 16 heavy (non-hydrogen) atoms. The maximum atomic E-state index is 11.1. The fourth-order valence-electron chi connectivity index (χ4n) is 1.81. The second-order valence-electron chi connectivity index (χ2n) is 5.68. The molecule has 0 aliphatic carbocycles. The third kappa shape index (κ3) is 8.94. The Bertz CT molecular complexity index is 182. The number of ketones is 1. The quantitative estimate of drug-likeness (QED) is 0.472. The van der Waals surface area contributed by atoms with Crippen LogP contribution in [0, 0.1) is 5.41 Å². The maximum Gasteiger partial charge on any atom is 0.132 e. The Labute approximate surface area is 102 Å². The highest BCUT2D eigenvalue weighted by atomic mass is 16.1. The first kappa shape index (κ1) is 15.7. The standard InChI is InChI=1S/C15H30O/c1-5-14(16)12-10-8-7-9-11-13-15(3,4)6-2/h5-13H2,1-4H3. The van der Waals surface area contributed by atoms with Gasteiger partial charge >= 0.3 is 0 Å². The van der Waals surface area contributed by atoms with Crippen molar-refractivity contribution in [1.29, 1.82) is 0 Å². The molecule has 0 N–H and O–H groups in total. The van der Waals surface area contributed by atoms with E-state index < -0.39 is 0 Å². The summed E-state index contributed by atoms with van der Waals surface area (Å²) >= 11 is 0. The SMILES string of the molecule is CCC(=O)CCCCCCCC(C)(C)CC. The fraction of sp³-hybridized carbons (Fsp3) is 0.933. The lowest BCUT2D eigenvalue weighted by atomic mass is 9.84. The predicted molar refractivity (Wildman–Crippen MR) is 71.7 cm³/mol. The molecule has 0 aromatic heterocycles. The van der Waals surface area contributed by atoms with Crippen molar-refractivity contribution in [3.8, 4) is 0 Å². The molecule has 0 bridgehead atoms. The topological polar surface area (TPSA) is 17.1 Å². The number of hydrogen-bond acceptors (Lipinski definition) is 1. The van der Waals surface area contributed by atoms with E-state index in [4.69, 9.17) is 0 Å². The molecule has 0 heterocycles. The van der Waals surface area contributed by atoms with E-state index in [1.165, 1.54) is 38.5 Å². The van der Waals surface area contributed by atoms with E-state index >= 15 is 0 Å². The summed E-state index contributed by atoms with van der Waals surface area (Å²) in [6, 6.07) is 0. The summed E-state index contributed by atoms with van der Waals surface area (Å²) in [5, 5.41) is 0. The van der Waals surface area contributed by atoms with Crippen LogP contribution in [0.5, 0.6) is 0 Å². The second-order valence-corrected chi connectivity index (χ2v) is 5.68. The normalized spacial score (nSPS) is 11.8. The molecule has 0 aliphatic rings.